The number of benzene rings is 2. The van der Waals surface area contributed by atoms with E-state index in [4.69, 9.17) is 17.3 Å². The number of nitrogens with one attached hydrogen (secondary N) is 1. The average molecular weight is 431 g/mol. The summed E-state index contributed by atoms with van der Waals surface area (Å²) in [5.74, 6) is -0.789. The summed E-state index contributed by atoms with van der Waals surface area (Å²) in [6.45, 7) is 6.02. The maximum Gasteiger partial charge on any atom is 0.248 e. The number of nitrogens with two attached hydrogens (primary N) is 1. The highest BCUT2D eigenvalue weighted by Crippen LogP contribution is 2.26. The molecule has 3 N–H and O–H groups in total. The first-order chi connectivity index (χ1) is 13.8. The molecule has 2 aromatic carbocycles. The van der Waals surface area contributed by atoms with Gasteiger partial charge in [-0.3, -0.25) is 9.59 Å². The van der Waals surface area contributed by atoms with Crippen molar-refractivity contribution in [3.63, 3.8) is 0 Å². The third-order valence-electron chi connectivity index (χ3n) is 4.15. The minimum Gasteiger partial charge on any atom is -0.366 e. The Labute approximate surface area is 176 Å². The molecule has 2 amide bonds. The van der Waals surface area contributed by atoms with Crippen molar-refractivity contribution < 1.29 is 9.59 Å². The Hall–Kier alpha value is -2.91. The van der Waals surface area contributed by atoms with E-state index in [0.717, 1.165) is 22.4 Å². The van der Waals surface area contributed by atoms with E-state index < -0.39 is 5.91 Å². The van der Waals surface area contributed by atoms with Crippen LogP contribution in [0.5, 0.6) is 0 Å². The lowest BCUT2D eigenvalue weighted by molar-refractivity contribution is -0.113. The van der Waals surface area contributed by atoms with Crippen LogP contribution in [0.1, 0.15) is 27.0 Å². The van der Waals surface area contributed by atoms with E-state index in [-0.39, 0.29) is 22.2 Å². The van der Waals surface area contributed by atoms with Gasteiger partial charge in [0.2, 0.25) is 17.0 Å². The number of aromatic nitrogens is 4. The number of amides is 2. The molecule has 3 rings (SSSR count). The van der Waals surface area contributed by atoms with Crippen molar-refractivity contribution in [3.8, 4) is 5.69 Å². The number of tetrazole rings is 1. The van der Waals surface area contributed by atoms with E-state index in [1.165, 1.54) is 30.0 Å². The number of primary amides is 1. The Balaban J connectivity index is 1.71. The summed E-state index contributed by atoms with van der Waals surface area (Å²) in [6.07, 6.45) is 0. The van der Waals surface area contributed by atoms with E-state index in [9.17, 15) is 9.59 Å². The Morgan fingerprint density at radius 2 is 1.86 bits per heavy atom. The van der Waals surface area contributed by atoms with Crippen LogP contribution in [0.25, 0.3) is 5.69 Å². The predicted octanol–water partition coefficient (Wildman–Crippen LogP) is 3.07. The molecule has 0 aliphatic rings. The van der Waals surface area contributed by atoms with Gasteiger partial charge < -0.3 is 11.1 Å². The number of carbonyl (C=O) groups excluding carboxylic acids is 2. The predicted molar refractivity (Wildman–Crippen MR) is 113 cm³/mol. The smallest absolute Gasteiger partial charge is 0.248 e. The van der Waals surface area contributed by atoms with E-state index in [1.54, 1.807) is 4.68 Å². The lowest BCUT2D eigenvalue weighted by Gasteiger charge is -2.12. The molecule has 0 spiro atoms. The van der Waals surface area contributed by atoms with Crippen LogP contribution in [-0.4, -0.2) is 37.8 Å². The molecule has 0 radical (unpaired) electrons. The number of halogens is 1. The van der Waals surface area contributed by atoms with E-state index in [1.807, 2.05) is 20.8 Å². The Bertz CT molecular complexity index is 1080. The molecule has 8 nitrogen and oxygen atoms in total. The first kappa shape index (κ1) is 20.8. The van der Waals surface area contributed by atoms with Crippen LogP contribution in [0, 0.1) is 20.8 Å². The molecule has 0 aliphatic heterocycles. The van der Waals surface area contributed by atoms with Crippen molar-refractivity contribution in [3.05, 3.63) is 57.6 Å². The molecule has 1 heterocycles. The highest BCUT2D eigenvalue weighted by atomic mass is 35.5. The van der Waals surface area contributed by atoms with Crippen LogP contribution in [0.3, 0.4) is 0 Å². The second-order valence-corrected chi connectivity index (χ2v) is 7.87. The Morgan fingerprint density at radius 1 is 1.17 bits per heavy atom. The van der Waals surface area contributed by atoms with Gasteiger partial charge in [-0.15, -0.1) is 5.10 Å². The second-order valence-electron chi connectivity index (χ2n) is 6.52. The summed E-state index contributed by atoms with van der Waals surface area (Å²) in [6, 6.07) is 8.57. The van der Waals surface area contributed by atoms with Crippen LogP contribution >= 0.6 is 23.4 Å². The molecule has 0 unspecified atom stereocenters. The summed E-state index contributed by atoms with van der Waals surface area (Å²) < 4.78 is 1.64. The average Bonchev–Trinajstić information content (AvgIpc) is 3.09. The summed E-state index contributed by atoms with van der Waals surface area (Å²) in [5.41, 5.74) is 10.0. The number of hydrogen-bond acceptors (Lipinski definition) is 6. The van der Waals surface area contributed by atoms with Gasteiger partial charge in [0.25, 0.3) is 0 Å². The van der Waals surface area contributed by atoms with Gasteiger partial charge in [0.1, 0.15) is 0 Å². The van der Waals surface area contributed by atoms with Crippen LogP contribution in [-0.2, 0) is 4.79 Å². The molecule has 1 aromatic heterocycles. The van der Waals surface area contributed by atoms with Gasteiger partial charge in [-0.2, -0.15) is 4.68 Å². The first-order valence-corrected chi connectivity index (χ1v) is 10.0. The van der Waals surface area contributed by atoms with Crippen molar-refractivity contribution in [1.29, 1.82) is 0 Å². The van der Waals surface area contributed by atoms with Crippen molar-refractivity contribution in [2.24, 2.45) is 5.73 Å². The van der Waals surface area contributed by atoms with Gasteiger partial charge in [-0.25, -0.2) is 0 Å². The fraction of sp³-hybridized carbons (Fsp3) is 0.211. The Morgan fingerprint density at radius 3 is 2.48 bits per heavy atom. The minimum atomic E-state index is -0.589. The molecule has 0 saturated heterocycles. The van der Waals surface area contributed by atoms with Crippen molar-refractivity contribution >= 4 is 40.9 Å². The number of hydrogen-bond donors (Lipinski definition) is 2. The first-order valence-electron chi connectivity index (χ1n) is 8.65. The molecule has 29 heavy (non-hydrogen) atoms. The molecule has 0 saturated carbocycles. The number of rotatable bonds is 6. The number of carbonyl (C=O) groups is 2. The lowest BCUT2D eigenvalue weighted by Crippen LogP contribution is -2.16. The molecule has 0 fully saturated rings. The maximum atomic E-state index is 12.3. The molecule has 150 valence electrons. The fourth-order valence-corrected chi connectivity index (χ4v) is 3.91. The van der Waals surface area contributed by atoms with Gasteiger partial charge in [-0.1, -0.05) is 41.1 Å². The highest BCUT2D eigenvalue weighted by molar-refractivity contribution is 7.99. The molecule has 3 aromatic rings. The van der Waals surface area contributed by atoms with Crippen molar-refractivity contribution in [2.45, 2.75) is 25.9 Å². The van der Waals surface area contributed by atoms with Gasteiger partial charge in [0, 0.05) is 5.56 Å². The van der Waals surface area contributed by atoms with E-state index in [2.05, 4.69) is 33.0 Å². The lowest BCUT2D eigenvalue weighted by atomic mass is 10.1. The third-order valence-corrected chi connectivity index (χ3v) is 5.38. The standard InChI is InChI=1S/C19H19ClN6O2S/c1-10-6-11(2)17(12(3)7-10)26-19(23-24-25-26)29-9-16(27)22-15-5-4-13(18(21)28)8-14(15)20/h4-8H,9H2,1-3H3,(H2,21,28)(H,22,27). The molecule has 10 heteroatoms. The van der Waals surface area contributed by atoms with Gasteiger partial charge in [0.05, 0.1) is 22.2 Å². The summed E-state index contributed by atoms with van der Waals surface area (Å²) in [5, 5.41) is 15.3. The normalized spacial score (nSPS) is 10.8. The number of aryl methyl sites for hydroxylation is 3. The summed E-state index contributed by atoms with van der Waals surface area (Å²) >= 11 is 7.31. The molecule has 0 atom stereocenters. The van der Waals surface area contributed by atoms with Crippen LogP contribution < -0.4 is 11.1 Å². The monoisotopic (exact) mass is 430 g/mol. The van der Waals surface area contributed by atoms with E-state index in [0.29, 0.717) is 10.8 Å². The summed E-state index contributed by atoms with van der Waals surface area (Å²) in [4.78, 5) is 23.5. The van der Waals surface area contributed by atoms with Gasteiger partial charge in [-0.05, 0) is 60.5 Å². The number of anilines is 1. The molecule has 0 aliphatic carbocycles. The molecular formula is C19H19ClN6O2S. The molecule has 0 bridgehead atoms. The molecular weight excluding hydrogens is 412 g/mol. The zero-order valence-electron chi connectivity index (χ0n) is 16.1. The maximum absolute atomic E-state index is 12.3. The fourth-order valence-electron chi connectivity index (χ4n) is 3.00. The third kappa shape index (κ3) is 4.75. The second kappa shape index (κ2) is 8.62. The topological polar surface area (TPSA) is 116 Å². The number of nitrogens with zero attached hydrogens (tertiary/aromatic N) is 4. The largest absolute Gasteiger partial charge is 0.366 e. The quantitative estimate of drug-likeness (QED) is 0.580. The zero-order chi connectivity index (χ0) is 21.1. The van der Waals surface area contributed by atoms with E-state index >= 15 is 0 Å². The van der Waals surface area contributed by atoms with Crippen LogP contribution in [0.4, 0.5) is 5.69 Å². The van der Waals surface area contributed by atoms with Crippen LogP contribution in [0.2, 0.25) is 5.02 Å². The summed E-state index contributed by atoms with van der Waals surface area (Å²) in [7, 11) is 0. The van der Waals surface area contributed by atoms with Crippen molar-refractivity contribution in [1.82, 2.24) is 20.2 Å². The van der Waals surface area contributed by atoms with Gasteiger partial charge >= 0.3 is 0 Å². The number of thioether (sulfide) groups is 1. The zero-order valence-corrected chi connectivity index (χ0v) is 17.6. The SMILES string of the molecule is Cc1cc(C)c(-n2nnnc2SCC(=O)Nc2ccc(C(N)=O)cc2Cl)c(C)c1. The van der Waals surface area contributed by atoms with Gasteiger partial charge in [0.15, 0.2) is 0 Å². The minimum absolute atomic E-state index is 0.0816. The Kier molecular flexibility index (Phi) is 6.19. The van der Waals surface area contributed by atoms with Crippen molar-refractivity contribution in [2.75, 3.05) is 11.1 Å². The highest BCUT2D eigenvalue weighted by Gasteiger charge is 2.16. The van der Waals surface area contributed by atoms with Crippen LogP contribution in [0.15, 0.2) is 35.5 Å².